The zero-order valence-corrected chi connectivity index (χ0v) is 12.7. The van der Waals surface area contributed by atoms with Gasteiger partial charge in [0.25, 0.3) is 0 Å². The molecule has 1 amide bonds. The molecule has 2 aromatic rings. The van der Waals surface area contributed by atoms with Gasteiger partial charge < -0.3 is 10.2 Å². The molecule has 1 aliphatic carbocycles. The van der Waals surface area contributed by atoms with Crippen molar-refractivity contribution in [3.63, 3.8) is 0 Å². The average molecular weight is 307 g/mol. The molecular formula is C17H17N5O. The fraction of sp³-hybridized carbons (Fsp3) is 0.412. The third kappa shape index (κ3) is 2.59. The molecule has 2 fully saturated rings. The zero-order valence-electron chi connectivity index (χ0n) is 12.7. The van der Waals surface area contributed by atoms with E-state index in [-0.39, 0.29) is 11.9 Å². The Hall–Kier alpha value is -2.68. The number of nitrogens with zero attached hydrogens (tertiary/aromatic N) is 4. The minimum Gasteiger partial charge on any atom is -0.352 e. The Balaban J connectivity index is 1.71. The van der Waals surface area contributed by atoms with Crippen LogP contribution in [0.5, 0.6) is 0 Å². The van der Waals surface area contributed by atoms with Gasteiger partial charge in [0.1, 0.15) is 17.9 Å². The summed E-state index contributed by atoms with van der Waals surface area (Å²) in [5, 5.41) is 13.4. The van der Waals surface area contributed by atoms with Gasteiger partial charge in [0.2, 0.25) is 5.91 Å². The molecule has 0 spiro atoms. The summed E-state index contributed by atoms with van der Waals surface area (Å²) >= 11 is 0. The number of hydrogen-bond acceptors (Lipinski definition) is 5. The second-order valence-electron chi connectivity index (χ2n) is 6.16. The van der Waals surface area contributed by atoms with Gasteiger partial charge in [-0.1, -0.05) is 0 Å². The predicted octanol–water partition coefficient (Wildman–Crippen LogP) is 1.75. The van der Waals surface area contributed by atoms with E-state index >= 15 is 0 Å². The van der Waals surface area contributed by atoms with E-state index in [4.69, 9.17) is 0 Å². The maximum atomic E-state index is 12.5. The van der Waals surface area contributed by atoms with E-state index in [0.717, 1.165) is 37.6 Å². The van der Waals surface area contributed by atoms with E-state index in [1.807, 2.05) is 17.0 Å². The second kappa shape index (κ2) is 5.51. The molecule has 1 atom stereocenters. The SMILES string of the molecule is N#Cc1cc2cccnc2nc1N1CCCC1C(=O)NC1CC1. The molecule has 4 rings (SSSR count). The van der Waals surface area contributed by atoms with Crippen LogP contribution in [0.15, 0.2) is 24.4 Å². The topological polar surface area (TPSA) is 81.9 Å². The molecule has 1 saturated carbocycles. The fourth-order valence-electron chi connectivity index (χ4n) is 3.12. The number of nitrogens with one attached hydrogen (secondary N) is 1. The second-order valence-corrected chi connectivity index (χ2v) is 6.16. The summed E-state index contributed by atoms with van der Waals surface area (Å²) in [6.07, 6.45) is 5.55. The standard InChI is InChI=1S/C17H17N5O/c18-10-12-9-11-3-1-7-19-15(11)21-16(12)22-8-2-4-14(22)17(23)20-13-5-6-13/h1,3,7,9,13-14H,2,4-6,8H2,(H,20,23). The van der Waals surface area contributed by atoms with Crippen molar-refractivity contribution < 1.29 is 4.79 Å². The monoisotopic (exact) mass is 307 g/mol. The molecule has 2 aliphatic rings. The fourth-order valence-corrected chi connectivity index (χ4v) is 3.12. The first kappa shape index (κ1) is 13.9. The Kier molecular flexibility index (Phi) is 3.34. The smallest absolute Gasteiger partial charge is 0.242 e. The maximum absolute atomic E-state index is 12.5. The Morgan fingerprint density at radius 3 is 3.04 bits per heavy atom. The quantitative estimate of drug-likeness (QED) is 0.934. The van der Waals surface area contributed by atoms with Gasteiger partial charge >= 0.3 is 0 Å². The third-order valence-corrected chi connectivity index (χ3v) is 4.44. The summed E-state index contributed by atoms with van der Waals surface area (Å²) in [5.41, 5.74) is 1.10. The van der Waals surface area contributed by atoms with Crippen LogP contribution in [0.1, 0.15) is 31.2 Å². The highest BCUT2D eigenvalue weighted by atomic mass is 16.2. The molecule has 23 heavy (non-hydrogen) atoms. The van der Waals surface area contributed by atoms with Crippen molar-refractivity contribution in [1.82, 2.24) is 15.3 Å². The molecule has 0 bridgehead atoms. The van der Waals surface area contributed by atoms with Gasteiger partial charge in [-0.25, -0.2) is 9.97 Å². The summed E-state index contributed by atoms with van der Waals surface area (Å²) in [5.74, 6) is 0.629. The van der Waals surface area contributed by atoms with E-state index in [1.54, 1.807) is 12.3 Å². The van der Waals surface area contributed by atoms with Gasteiger partial charge in [-0.3, -0.25) is 4.79 Å². The Morgan fingerprint density at radius 1 is 1.39 bits per heavy atom. The van der Waals surface area contributed by atoms with Crippen molar-refractivity contribution in [1.29, 1.82) is 5.26 Å². The van der Waals surface area contributed by atoms with Crippen molar-refractivity contribution in [2.75, 3.05) is 11.4 Å². The van der Waals surface area contributed by atoms with Crippen LogP contribution in [0.2, 0.25) is 0 Å². The van der Waals surface area contributed by atoms with Crippen molar-refractivity contribution in [3.8, 4) is 6.07 Å². The molecule has 6 nitrogen and oxygen atoms in total. The molecule has 0 aromatic carbocycles. The van der Waals surface area contributed by atoms with Crippen LogP contribution in [0, 0.1) is 11.3 Å². The Bertz CT molecular complexity index is 808. The largest absolute Gasteiger partial charge is 0.352 e. The van der Waals surface area contributed by atoms with Crippen molar-refractivity contribution in [2.24, 2.45) is 0 Å². The molecule has 2 aromatic heterocycles. The van der Waals surface area contributed by atoms with Gasteiger partial charge in [-0.15, -0.1) is 0 Å². The number of pyridine rings is 2. The van der Waals surface area contributed by atoms with Crippen molar-refractivity contribution >= 4 is 22.8 Å². The van der Waals surface area contributed by atoms with E-state index in [0.29, 0.717) is 23.1 Å². The highest BCUT2D eigenvalue weighted by Gasteiger charge is 2.35. The summed E-state index contributed by atoms with van der Waals surface area (Å²) in [6, 6.07) is 7.83. The van der Waals surface area contributed by atoms with Crippen molar-refractivity contribution in [2.45, 2.75) is 37.8 Å². The molecule has 1 N–H and O–H groups in total. The lowest BCUT2D eigenvalue weighted by molar-refractivity contribution is -0.122. The summed E-state index contributed by atoms with van der Waals surface area (Å²) in [4.78, 5) is 23.3. The van der Waals surface area contributed by atoms with E-state index in [2.05, 4.69) is 21.4 Å². The molecule has 116 valence electrons. The summed E-state index contributed by atoms with van der Waals surface area (Å²) in [7, 11) is 0. The van der Waals surface area contributed by atoms with E-state index in [9.17, 15) is 10.1 Å². The number of amides is 1. The third-order valence-electron chi connectivity index (χ3n) is 4.44. The van der Waals surface area contributed by atoms with Gasteiger partial charge in [-0.05, 0) is 43.9 Å². The zero-order chi connectivity index (χ0) is 15.8. The lowest BCUT2D eigenvalue weighted by atomic mass is 10.1. The van der Waals surface area contributed by atoms with Crippen LogP contribution >= 0.6 is 0 Å². The molecule has 6 heteroatoms. The van der Waals surface area contributed by atoms with Crippen LogP contribution in [-0.2, 0) is 4.79 Å². The summed E-state index contributed by atoms with van der Waals surface area (Å²) < 4.78 is 0. The van der Waals surface area contributed by atoms with Crippen LogP contribution < -0.4 is 10.2 Å². The van der Waals surface area contributed by atoms with E-state index in [1.165, 1.54) is 0 Å². The summed E-state index contributed by atoms with van der Waals surface area (Å²) in [6.45, 7) is 0.739. The molecular weight excluding hydrogens is 290 g/mol. The van der Waals surface area contributed by atoms with Gasteiger partial charge in [0.15, 0.2) is 5.65 Å². The maximum Gasteiger partial charge on any atom is 0.242 e. The normalized spacial score (nSPS) is 20.5. The molecule has 1 unspecified atom stereocenters. The number of hydrogen-bond donors (Lipinski definition) is 1. The molecule has 0 radical (unpaired) electrons. The molecule has 3 heterocycles. The van der Waals surface area contributed by atoms with Crippen LogP contribution in [0.25, 0.3) is 11.0 Å². The average Bonchev–Trinajstić information content (AvgIpc) is 3.25. The van der Waals surface area contributed by atoms with Gasteiger partial charge in [0.05, 0.1) is 5.56 Å². The lowest BCUT2D eigenvalue weighted by Crippen LogP contribution is -2.44. The molecule has 1 saturated heterocycles. The number of carbonyl (C=O) groups is 1. The number of nitriles is 1. The van der Waals surface area contributed by atoms with Gasteiger partial charge in [-0.2, -0.15) is 5.26 Å². The first-order valence-electron chi connectivity index (χ1n) is 7.99. The van der Waals surface area contributed by atoms with Crippen LogP contribution in [0.3, 0.4) is 0 Å². The van der Waals surface area contributed by atoms with E-state index < -0.39 is 0 Å². The number of aromatic nitrogens is 2. The minimum absolute atomic E-state index is 0.0526. The van der Waals surface area contributed by atoms with Crippen LogP contribution in [-0.4, -0.2) is 34.5 Å². The number of fused-ring (bicyclic) bond motifs is 1. The number of carbonyl (C=O) groups excluding carboxylic acids is 1. The highest BCUT2D eigenvalue weighted by molar-refractivity contribution is 5.87. The van der Waals surface area contributed by atoms with Crippen molar-refractivity contribution in [3.05, 3.63) is 30.0 Å². The Labute approximate surface area is 134 Å². The van der Waals surface area contributed by atoms with Crippen LogP contribution in [0.4, 0.5) is 5.82 Å². The number of rotatable bonds is 3. The first-order valence-corrected chi connectivity index (χ1v) is 7.99. The lowest BCUT2D eigenvalue weighted by Gasteiger charge is -2.25. The van der Waals surface area contributed by atoms with Gasteiger partial charge in [0, 0.05) is 24.2 Å². The predicted molar refractivity (Wildman–Crippen MR) is 85.8 cm³/mol. The Morgan fingerprint density at radius 2 is 2.26 bits per heavy atom. The highest BCUT2D eigenvalue weighted by Crippen LogP contribution is 2.29. The molecule has 1 aliphatic heterocycles. The first-order chi connectivity index (χ1) is 11.3. The minimum atomic E-state index is -0.239. The number of anilines is 1.